The van der Waals surface area contributed by atoms with Crippen molar-refractivity contribution in [2.45, 2.75) is 56.2 Å². The Hall–Kier alpha value is -7.02. The molecule has 4 aliphatic rings. The molecule has 3 N–H and O–H groups in total. The fourth-order valence-electron chi connectivity index (χ4n) is 8.78. The summed E-state index contributed by atoms with van der Waals surface area (Å²) >= 11 is 0. The number of nitrogens with zero attached hydrogens (tertiary/aromatic N) is 3. The third kappa shape index (κ3) is 9.37. The number of benzene rings is 4. The van der Waals surface area contributed by atoms with Gasteiger partial charge in [0.2, 0.25) is 0 Å². The summed E-state index contributed by atoms with van der Waals surface area (Å²) in [4.78, 5) is 41.7. The minimum absolute atomic E-state index is 0.0204. The number of methoxy groups -OCH3 is 2. The monoisotopic (exact) mass is 936 g/mol. The lowest BCUT2D eigenvalue weighted by atomic mass is 9.78. The molecule has 2 fully saturated rings. The lowest BCUT2D eigenvalue weighted by molar-refractivity contribution is -0.139. The summed E-state index contributed by atoms with van der Waals surface area (Å²) in [7, 11) is 2.30. The second-order valence-electron chi connectivity index (χ2n) is 15.9. The van der Waals surface area contributed by atoms with Crippen molar-refractivity contribution in [3.8, 4) is 34.3 Å². The number of ether oxygens (including phenoxy) is 4. The maximum absolute atomic E-state index is 13.4. The smallest absolute Gasteiger partial charge is 0.419 e. The van der Waals surface area contributed by atoms with Crippen LogP contribution in [0.3, 0.4) is 0 Å². The Kier molecular flexibility index (Phi) is 13.6. The van der Waals surface area contributed by atoms with Crippen LogP contribution < -0.4 is 18.9 Å². The Morgan fingerprint density at radius 3 is 1.63 bits per heavy atom. The van der Waals surface area contributed by atoms with E-state index >= 15 is 0 Å². The minimum Gasteiger partial charge on any atom is -0.515 e. The first-order valence-electron chi connectivity index (χ1n) is 21.1. The summed E-state index contributed by atoms with van der Waals surface area (Å²) < 4.78 is 102. The lowest BCUT2D eigenvalue weighted by Crippen LogP contribution is -2.53. The zero-order valence-corrected chi connectivity index (χ0v) is 36.5. The van der Waals surface area contributed by atoms with E-state index in [4.69, 9.17) is 24.1 Å². The van der Waals surface area contributed by atoms with E-state index in [1.807, 2.05) is 24.3 Å². The lowest BCUT2D eigenvalue weighted by Gasteiger charge is -2.44. The van der Waals surface area contributed by atoms with Gasteiger partial charge in [-0.05, 0) is 67.6 Å². The van der Waals surface area contributed by atoms with Crippen molar-refractivity contribution in [1.29, 1.82) is 0 Å². The van der Waals surface area contributed by atoms with Crippen LogP contribution in [0.25, 0.3) is 11.3 Å². The number of Topliss-reactive ketones (excluding diaryl/α,β-unsaturated/α-hetero) is 1. The van der Waals surface area contributed by atoms with Gasteiger partial charge in [-0.3, -0.25) is 19.5 Å². The van der Waals surface area contributed by atoms with E-state index in [1.54, 1.807) is 42.3 Å². The van der Waals surface area contributed by atoms with Gasteiger partial charge >= 0.3 is 12.4 Å². The van der Waals surface area contributed by atoms with E-state index in [9.17, 15) is 45.8 Å². The molecule has 67 heavy (non-hydrogen) atoms. The highest BCUT2D eigenvalue weighted by molar-refractivity contribution is 6.12. The number of carbonyl (C=O) groups is 3. The highest BCUT2D eigenvalue weighted by Gasteiger charge is 2.49. The predicted molar refractivity (Wildman–Crippen MR) is 230 cm³/mol. The maximum Gasteiger partial charge on any atom is 0.419 e. The Balaban J connectivity index is 0.000000188. The number of carbonyl (C=O) groups excluding carboxylic acids is 3. The third-order valence-electron chi connectivity index (χ3n) is 12.1. The Labute approximate surface area is 380 Å². The normalized spacial score (nSPS) is 17.3. The fraction of sp³-hybridized carbons (Fsp3) is 0.333. The number of nitrogens with one attached hydrogen (secondary N) is 1. The van der Waals surface area contributed by atoms with Gasteiger partial charge in [0.15, 0.2) is 5.78 Å². The molecule has 5 heterocycles. The van der Waals surface area contributed by atoms with Gasteiger partial charge in [-0.2, -0.15) is 31.4 Å². The van der Waals surface area contributed by atoms with E-state index in [0.717, 1.165) is 54.1 Å². The van der Waals surface area contributed by atoms with Crippen molar-refractivity contribution in [3.63, 3.8) is 0 Å². The predicted octanol–water partition coefficient (Wildman–Crippen LogP) is 9.03. The van der Waals surface area contributed by atoms with E-state index in [2.05, 4.69) is 10.2 Å². The average Bonchev–Trinajstić information content (AvgIpc) is 3.83. The number of fused-ring (bicyclic) bond motifs is 5. The summed E-state index contributed by atoms with van der Waals surface area (Å²) in [5.41, 5.74) is -0.644. The summed E-state index contributed by atoms with van der Waals surface area (Å²) in [6.07, 6.45) is -5.38. The van der Waals surface area contributed by atoms with Crippen LogP contribution in [0.15, 0.2) is 103 Å². The molecule has 4 aromatic carbocycles. The Bertz CT molecular complexity index is 2660. The number of aliphatic hydroxyl groups excluding tert-OH is 2. The standard InChI is InChI=1S/C23H20F3N3O3.C23H20F3NO5.C2H6O/c1-31-19-7-6-14(12-16(19)23(24,25)26)21(30)29-10-8-22(9-11-29)17-13-27-28-20(17)15-4-2-3-5-18(15)32-22;1-31-19-7-6-14(12-16(19)23(24,25)26)21(30)27-10-8-22(9-11-27)17(13-28)20(29)15-4-2-3-5-18(15)32-22;1-2-3/h2-7,12-13H,8-11H2,1H3,(H,27,28);2-7,12-13,28H,8-11H2,1H3;3H,2H2,1H3/b;17-13+;. The van der Waals surface area contributed by atoms with Crippen LogP contribution in [0.5, 0.6) is 23.0 Å². The van der Waals surface area contributed by atoms with Gasteiger partial charge < -0.3 is 39.0 Å². The van der Waals surface area contributed by atoms with Gasteiger partial charge in [0, 0.05) is 80.7 Å². The average molecular weight is 937 g/mol. The van der Waals surface area contributed by atoms with Crippen LogP contribution >= 0.6 is 0 Å². The molecule has 0 bridgehead atoms. The van der Waals surface area contributed by atoms with Crippen molar-refractivity contribution in [2.75, 3.05) is 47.0 Å². The molecule has 0 aliphatic carbocycles. The van der Waals surface area contributed by atoms with Crippen LogP contribution in [0.4, 0.5) is 26.3 Å². The largest absolute Gasteiger partial charge is 0.515 e. The number of aromatic amines is 1. The van der Waals surface area contributed by atoms with Crippen molar-refractivity contribution in [3.05, 3.63) is 136 Å². The highest BCUT2D eigenvalue weighted by Crippen LogP contribution is 2.49. The number of rotatable bonds is 4. The van der Waals surface area contributed by atoms with Gasteiger partial charge in [0.05, 0.1) is 54.6 Å². The Morgan fingerprint density at radius 1 is 0.731 bits per heavy atom. The minimum atomic E-state index is -4.67. The fourth-order valence-corrected chi connectivity index (χ4v) is 8.78. The summed E-state index contributed by atoms with van der Waals surface area (Å²) in [6.45, 7) is 2.90. The zero-order valence-electron chi connectivity index (χ0n) is 36.5. The molecule has 2 amide bonds. The number of alkyl halides is 6. The third-order valence-corrected chi connectivity index (χ3v) is 12.1. The molecular weight excluding hydrogens is 891 g/mol. The van der Waals surface area contributed by atoms with Gasteiger partial charge in [-0.25, -0.2) is 0 Å². The number of aliphatic hydroxyl groups is 2. The van der Waals surface area contributed by atoms with Crippen LogP contribution in [0.2, 0.25) is 0 Å². The van der Waals surface area contributed by atoms with Crippen molar-refractivity contribution in [1.82, 2.24) is 20.0 Å². The Morgan fingerprint density at radius 2 is 1.16 bits per heavy atom. The number of piperidine rings is 2. The van der Waals surface area contributed by atoms with E-state index in [1.165, 1.54) is 30.2 Å². The summed E-state index contributed by atoms with van der Waals surface area (Å²) in [6, 6.07) is 21.0. The number of hydrogen-bond acceptors (Lipinski definition) is 10. The van der Waals surface area contributed by atoms with Gasteiger partial charge in [-0.1, -0.05) is 24.3 Å². The molecule has 354 valence electrons. The van der Waals surface area contributed by atoms with Gasteiger partial charge in [-0.15, -0.1) is 0 Å². The van der Waals surface area contributed by atoms with Crippen LogP contribution in [0, 0.1) is 0 Å². The van der Waals surface area contributed by atoms with Crippen LogP contribution in [0.1, 0.15) is 80.4 Å². The molecule has 2 spiro atoms. The van der Waals surface area contributed by atoms with Crippen LogP contribution in [-0.4, -0.2) is 100 Å². The molecule has 5 aromatic rings. The number of amides is 2. The summed E-state index contributed by atoms with van der Waals surface area (Å²) in [5.74, 6) is -0.895. The molecule has 0 unspecified atom stereocenters. The molecule has 1 aromatic heterocycles. The molecule has 0 radical (unpaired) electrons. The van der Waals surface area contributed by atoms with E-state index in [0.29, 0.717) is 37.2 Å². The number of H-pyrrole nitrogens is 1. The van der Waals surface area contributed by atoms with E-state index < -0.39 is 46.5 Å². The maximum atomic E-state index is 13.4. The molecule has 19 heteroatoms. The number of likely N-dealkylation sites (tertiary alicyclic amines) is 2. The van der Waals surface area contributed by atoms with Crippen molar-refractivity contribution >= 4 is 17.6 Å². The zero-order chi connectivity index (χ0) is 48.3. The second kappa shape index (κ2) is 19.1. The summed E-state index contributed by atoms with van der Waals surface area (Å²) in [5, 5.41) is 24.6. The first-order valence-corrected chi connectivity index (χ1v) is 21.1. The number of halogens is 6. The molecule has 9 rings (SSSR count). The van der Waals surface area contributed by atoms with Crippen molar-refractivity contribution in [2.24, 2.45) is 0 Å². The van der Waals surface area contributed by atoms with Gasteiger partial charge in [0.1, 0.15) is 34.2 Å². The van der Waals surface area contributed by atoms with E-state index in [-0.39, 0.29) is 66.5 Å². The molecule has 0 atom stereocenters. The van der Waals surface area contributed by atoms with Gasteiger partial charge in [0.25, 0.3) is 11.8 Å². The quantitative estimate of drug-likeness (QED) is 0.0901. The second-order valence-corrected chi connectivity index (χ2v) is 15.9. The number of aromatic nitrogens is 2. The topological polar surface area (TPSA) is 164 Å². The number of ketones is 1. The first kappa shape index (κ1) is 47.9. The van der Waals surface area contributed by atoms with Crippen LogP contribution in [-0.2, 0) is 18.0 Å². The number of hydrogen-bond donors (Lipinski definition) is 3. The first-order chi connectivity index (χ1) is 31.9. The SMILES string of the molecule is CCO.COc1ccc(C(=O)N2CCC3(CC2)Oc2ccccc2-c2[nH]ncc23)cc1C(F)(F)F.COc1ccc(C(=O)N2CCC3(CC2)Oc2ccccc2C(=O)/C3=C\O)cc1C(F)(F)F. The molecule has 0 saturated carbocycles. The highest BCUT2D eigenvalue weighted by atomic mass is 19.4. The number of para-hydroxylation sites is 2. The molecular formula is C48H46F6N4O9. The molecule has 2 saturated heterocycles. The molecule has 4 aliphatic heterocycles. The molecule has 13 nitrogen and oxygen atoms in total. The van der Waals surface area contributed by atoms with Crippen molar-refractivity contribution < 1.29 is 69.9 Å².